The van der Waals surface area contributed by atoms with Gasteiger partial charge in [0.1, 0.15) is 5.60 Å². The first kappa shape index (κ1) is 20.9. The first-order valence-corrected chi connectivity index (χ1v) is 10.9. The van der Waals surface area contributed by atoms with E-state index in [1.54, 1.807) is 0 Å². The Labute approximate surface area is 165 Å². The van der Waals surface area contributed by atoms with Gasteiger partial charge in [0.05, 0.1) is 0 Å². The second-order valence-corrected chi connectivity index (χ2v) is 10.1. The summed E-state index contributed by atoms with van der Waals surface area (Å²) in [6.45, 7) is 17.3. The van der Waals surface area contributed by atoms with Gasteiger partial charge in [-0.05, 0) is 65.3 Å². The van der Waals surface area contributed by atoms with Gasteiger partial charge in [0, 0.05) is 50.8 Å². The van der Waals surface area contributed by atoms with Crippen molar-refractivity contribution in [2.24, 2.45) is 5.41 Å². The molecule has 2 heterocycles. The normalized spacial score (nSPS) is 25.7. The fourth-order valence-electron chi connectivity index (χ4n) is 4.94. The van der Waals surface area contributed by atoms with Crippen LogP contribution in [0.2, 0.25) is 0 Å². The summed E-state index contributed by atoms with van der Waals surface area (Å²) in [5.41, 5.74) is 0.224. The van der Waals surface area contributed by atoms with E-state index in [-0.39, 0.29) is 12.1 Å². The average molecular weight is 381 g/mol. The molecule has 6 heteroatoms. The Morgan fingerprint density at radius 3 is 2.37 bits per heavy atom. The van der Waals surface area contributed by atoms with Crippen molar-refractivity contribution >= 4 is 6.09 Å². The van der Waals surface area contributed by atoms with Crippen LogP contribution in [0.4, 0.5) is 4.79 Å². The first-order chi connectivity index (χ1) is 12.7. The second-order valence-electron chi connectivity index (χ2n) is 10.1. The van der Waals surface area contributed by atoms with Crippen molar-refractivity contribution in [2.45, 2.75) is 84.0 Å². The molecule has 0 aromatic heterocycles. The number of likely N-dealkylation sites (tertiary alicyclic amines) is 2. The Balaban J connectivity index is 1.28. The number of amides is 1. The van der Waals surface area contributed by atoms with Crippen LogP contribution in [-0.4, -0.2) is 78.9 Å². The molecule has 156 valence electrons. The molecule has 1 spiro atoms. The Morgan fingerprint density at radius 1 is 1.19 bits per heavy atom. The first-order valence-electron chi connectivity index (χ1n) is 10.9. The number of hydrogen-bond acceptors (Lipinski definition) is 5. The van der Waals surface area contributed by atoms with Gasteiger partial charge in [-0.3, -0.25) is 4.90 Å². The molecule has 0 aromatic rings. The smallest absolute Gasteiger partial charge is 0.407 e. The van der Waals surface area contributed by atoms with Gasteiger partial charge in [0.15, 0.2) is 0 Å². The zero-order chi connectivity index (χ0) is 19.7. The second kappa shape index (κ2) is 8.26. The van der Waals surface area contributed by atoms with Crippen LogP contribution in [0.15, 0.2) is 0 Å². The molecule has 27 heavy (non-hydrogen) atoms. The lowest BCUT2D eigenvalue weighted by Crippen LogP contribution is -2.66. The lowest BCUT2D eigenvalue weighted by atomic mass is 9.60. The summed E-state index contributed by atoms with van der Waals surface area (Å²) in [4.78, 5) is 17.0. The van der Waals surface area contributed by atoms with Crippen molar-refractivity contribution in [1.29, 1.82) is 0 Å². The quantitative estimate of drug-likeness (QED) is 0.741. The third-order valence-corrected chi connectivity index (χ3v) is 6.50. The average Bonchev–Trinajstić information content (AvgIpc) is 2.50. The number of rotatable bonds is 6. The van der Waals surface area contributed by atoms with E-state index in [2.05, 4.69) is 34.3 Å². The fourth-order valence-corrected chi connectivity index (χ4v) is 4.94. The van der Waals surface area contributed by atoms with E-state index in [1.807, 2.05) is 20.8 Å². The molecular weight excluding hydrogens is 340 g/mol. The number of ether oxygens (including phenoxy) is 1. The van der Waals surface area contributed by atoms with Gasteiger partial charge in [-0.25, -0.2) is 4.79 Å². The van der Waals surface area contributed by atoms with Gasteiger partial charge in [0.25, 0.3) is 0 Å². The molecule has 2 saturated heterocycles. The third kappa shape index (κ3) is 5.58. The van der Waals surface area contributed by atoms with Crippen molar-refractivity contribution in [3.05, 3.63) is 0 Å². The molecule has 2 N–H and O–H groups in total. The maximum absolute atomic E-state index is 11.9. The summed E-state index contributed by atoms with van der Waals surface area (Å²) in [5, 5.41) is 6.82. The number of nitrogens with zero attached hydrogens (tertiary/aromatic N) is 2. The van der Waals surface area contributed by atoms with Crippen LogP contribution in [0.25, 0.3) is 0 Å². The summed E-state index contributed by atoms with van der Waals surface area (Å²) in [6.07, 6.45) is 4.44. The Morgan fingerprint density at radius 2 is 1.81 bits per heavy atom. The monoisotopic (exact) mass is 380 g/mol. The molecule has 3 rings (SSSR count). The highest BCUT2D eigenvalue weighted by Crippen LogP contribution is 2.48. The van der Waals surface area contributed by atoms with Gasteiger partial charge >= 0.3 is 6.09 Å². The minimum atomic E-state index is -0.431. The van der Waals surface area contributed by atoms with Gasteiger partial charge in [-0.15, -0.1) is 0 Å². The SMILES string of the molecule is CCN1CC2(CC(NCC(C)N3CCC(NC(=O)OC(C)(C)C)CC3)C2)C1. The van der Waals surface area contributed by atoms with E-state index in [9.17, 15) is 4.79 Å². The van der Waals surface area contributed by atoms with Gasteiger partial charge in [-0.2, -0.15) is 0 Å². The molecule has 3 fully saturated rings. The number of piperidine rings is 1. The lowest BCUT2D eigenvalue weighted by Gasteiger charge is -2.59. The van der Waals surface area contributed by atoms with Gasteiger partial charge < -0.3 is 20.3 Å². The molecule has 0 bridgehead atoms. The minimum Gasteiger partial charge on any atom is -0.444 e. The molecule has 1 atom stereocenters. The highest BCUT2D eigenvalue weighted by molar-refractivity contribution is 5.68. The predicted octanol–water partition coefficient (Wildman–Crippen LogP) is 2.44. The molecule has 1 aliphatic carbocycles. The zero-order valence-corrected chi connectivity index (χ0v) is 18.0. The van der Waals surface area contributed by atoms with Crippen LogP contribution in [0.3, 0.4) is 0 Å². The molecule has 1 amide bonds. The lowest BCUT2D eigenvalue weighted by molar-refractivity contribution is -0.0766. The zero-order valence-electron chi connectivity index (χ0n) is 18.0. The Kier molecular flexibility index (Phi) is 6.38. The fraction of sp³-hybridized carbons (Fsp3) is 0.952. The van der Waals surface area contributed by atoms with Crippen molar-refractivity contribution in [2.75, 3.05) is 39.3 Å². The van der Waals surface area contributed by atoms with Gasteiger partial charge in [0.2, 0.25) is 0 Å². The number of alkyl carbamates (subject to hydrolysis) is 1. The van der Waals surface area contributed by atoms with E-state index in [1.165, 1.54) is 32.5 Å². The van der Waals surface area contributed by atoms with Crippen LogP contribution in [-0.2, 0) is 4.74 Å². The van der Waals surface area contributed by atoms with Crippen LogP contribution >= 0.6 is 0 Å². The van der Waals surface area contributed by atoms with Crippen molar-refractivity contribution in [1.82, 2.24) is 20.4 Å². The summed E-state index contributed by atoms with van der Waals surface area (Å²) in [5.74, 6) is 0. The molecule has 2 aliphatic heterocycles. The summed E-state index contributed by atoms with van der Waals surface area (Å²) < 4.78 is 5.37. The van der Waals surface area contributed by atoms with Crippen LogP contribution in [0.5, 0.6) is 0 Å². The topological polar surface area (TPSA) is 56.8 Å². The molecule has 3 aliphatic rings. The molecule has 0 aromatic carbocycles. The standard InChI is InChI=1S/C21H40N4O2/c1-6-24-14-21(15-24)11-18(12-21)22-13-16(2)25-9-7-17(8-10-25)23-19(26)27-20(3,4)5/h16-18,22H,6-15H2,1-5H3,(H,23,26). The highest BCUT2D eigenvalue weighted by Gasteiger charge is 2.51. The summed E-state index contributed by atoms with van der Waals surface area (Å²) in [6, 6.07) is 1.51. The maximum atomic E-state index is 11.9. The van der Waals surface area contributed by atoms with E-state index < -0.39 is 5.60 Å². The number of carbonyl (C=O) groups excluding carboxylic acids is 1. The summed E-state index contributed by atoms with van der Waals surface area (Å²) in [7, 11) is 0. The molecule has 1 saturated carbocycles. The van der Waals surface area contributed by atoms with E-state index in [0.717, 1.165) is 38.5 Å². The minimum absolute atomic E-state index is 0.239. The van der Waals surface area contributed by atoms with Crippen molar-refractivity contribution in [3.8, 4) is 0 Å². The third-order valence-electron chi connectivity index (χ3n) is 6.50. The number of nitrogens with one attached hydrogen (secondary N) is 2. The molecular formula is C21H40N4O2. The summed E-state index contributed by atoms with van der Waals surface area (Å²) >= 11 is 0. The van der Waals surface area contributed by atoms with Crippen LogP contribution in [0.1, 0.15) is 60.3 Å². The molecule has 1 unspecified atom stereocenters. The van der Waals surface area contributed by atoms with Crippen molar-refractivity contribution < 1.29 is 9.53 Å². The van der Waals surface area contributed by atoms with E-state index in [4.69, 9.17) is 4.74 Å². The predicted molar refractivity (Wildman–Crippen MR) is 109 cm³/mol. The Hall–Kier alpha value is -0.850. The van der Waals surface area contributed by atoms with E-state index in [0.29, 0.717) is 11.5 Å². The van der Waals surface area contributed by atoms with E-state index >= 15 is 0 Å². The van der Waals surface area contributed by atoms with Gasteiger partial charge in [-0.1, -0.05) is 6.92 Å². The number of hydrogen-bond donors (Lipinski definition) is 2. The van der Waals surface area contributed by atoms with Crippen LogP contribution in [0, 0.1) is 5.41 Å². The number of carbonyl (C=O) groups is 1. The largest absolute Gasteiger partial charge is 0.444 e. The maximum Gasteiger partial charge on any atom is 0.407 e. The highest BCUT2D eigenvalue weighted by atomic mass is 16.6. The van der Waals surface area contributed by atoms with Crippen LogP contribution < -0.4 is 10.6 Å². The van der Waals surface area contributed by atoms with Crippen molar-refractivity contribution in [3.63, 3.8) is 0 Å². The molecule has 6 nitrogen and oxygen atoms in total. The Bertz CT molecular complexity index is 497. The molecule has 0 radical (unpaired) electrons.